The van der Waals surface area contributed by atoms with Crippen molar-refractivity contribution in [3.63, 3.8) is 0 Å². The molecule has 0 amide bonds. The van der Waals surface area contributed by atoms with Gasteiger partial charge in [-0.05, 0) is 50.0 Å². The Morgan fingerprint density at radius 2 is 2.06 bits per heavy atom. The average Bonchev–Trinajstić information content (AvgIpc) is 2.76. The van der Waals surface area contributed by atoms with Gasteiger partial charge < -0.3 is 4.74 Å². The summed E-state index contributed by atoms with van der Waals surface area (Å²) < 4.78 is 6.14. The number of carbonyl (C=O) groups excluding carboxylic acids is 1. The Morgan fingerprint density at radius 3 is 2.78 bits per heavy atom. The maximum Gasteiger partial charge on any atom is 0.139 e. The first-order valence-corrected chi connectivity index (χ1v) is 7.63. The van der Waals surface area contributed by atoms with Crippen molar-refractivity contribution in [3.05, 3.63) is 11.3 Å². The number of fused-ring (bicyclic) bond motifs is 2. The quantitative estimate of drug-likeness (QED) is 0.738. The van der Waals surface area contributed by atoms with E-state index in [1.54, 1.807) is 0 Å². The van der Waals surface area contributed by atoms with Crippen molar-refractivity contribution in [2.45, 2.75) is 71.3 Å². The third-order valence-electron chi connectivity index (χ3n) is 5.59. The fraction of sp³-hybridized carbons (Fsp3) is 0.812. The van der Waals surface area contributed by atoms with Crippen molar-refractivity contribution in [2.75, 3.05) is 0 Å². The van der Waals surface area contributed by atoms with Crippen molar-refractivity contribution < 1.29 is 9.53 Å². The molecule has 0 aromatic heterocycles. The lowest BCUT2D eigenvalue weighted by Crippen LogP contribution is -2.38. The van der Waals surface area contributed by atoms with E-state index in [0.717, 1.165) is 44.9 Å². The minimum absolute atomic E-state index is 0.0127. The van der Waals surface area contributed by atoms with E-state index in [1.165, 1.54) is 17.8 Å². The van der Waals surface area contributed by atoms with Gasteiger partial charge in [-0.1, -0.05) is 13.8 Å². The first-order chi connectivity index (χ1) is 8.71. The van der Waals surface area contributed by atoms with E-state index >= 15 is 0 Å². The third-order valence-corrected chi connectivity index (χ3v) is 5.59. The number of hydrogen-bond donors (Lipinski definition) is 0. The minimum atomic E-state index is -0.0127. The molecule has 0 bridgehead atoms. The second-order valence-electron chi connectivity index (χ2n) is 6.16. The molecule has 3 atom stereocenters. The lowest BCUT2D eigenvalue weighted by atomic mass is 9.64. The summed E-state index contributed by atoms with van der Waals surface area (Å²) in [4.78, 5) is 12.3. The molecule has 1 heterocycles. The SMILES string of the molecule is CCC1CCC2=C(CC[C@]3(CC)C(=O)CCC23)O1. The van der Waals surface area contributed by atoms with E-state index in [-0.39, 0.29) is 5.41 Å². The van der Waals surface area contributed by atoms with Crippen LogP contribution in [0.5, 0.6) is 0 Å². The van der Waals surface area contributed by atoms with Gasteiger partial charge in [0, 0.05) is 18.3 Å². The van der Waals surface area contributed by atoms with E-state index in [4.69, 9.17) is 4.74 Å². The molecule has 0 N–H and O–H groups in total. The Hall–Kier alpha value is -0.790. The molecule has 1 saturated carbocycles. The summed E-state index contributed by atoms with van der Waals surface area (Å²) in [5.41, 5.74) is 1.50. The van der Waals surface area contributed by atoms with Gasteiger partial charge in [0.25, 0.3) is 0 Å². The Morgan fingerprint density at radius 1 is 1.22 bits per heavy atom. The number of carbonyl (C=O) groups is 1. The lowest BCUT2D eigenvalue weighted by molar-refractivity contribution is -0.128. The summed E-state index contributed by atoms with van der Waals surface area (Å²) >= 11 is 0. The molecule has 2 heteroatoms. The standard InChI is InChI=1S/C16H24O2/c1-3-11-5-6-12-13-7-8-15(17)16(13,4-2)10-9-14(12)18-11/h11,13H,3-10H2,1-2H3/t11?,13?,16-/m0/s1. The fourth-order valence-corrected chi connectivity index (χ4v) is 4.44. The molecule has 2 nitrogen and oxygen atoms in total. The van der Waals surface area contributed by atoms with Gasteiger partial charge in [0.05, 0.1) is 11.9 Å². The molecule has 1 fully saturated rings. The molecule has 0 radical (unpaired) electrons. The number of hydrogen-bond acceptors (Lipinski definition) is 2. The molecule has 0 saturated heterocycles. The summed E-state index contributed by atoms with van der Waals surface area (Å²) in [5, 5.41) is 0. The van der Waals surface area contributed by atoms with Gasteiger partial charge in [-0.2, -0.15) is 0 Å². The number of Topliss-reactive ketones (excluding diaryl/α,β-unsaturated/α-hetero) is 1. The molecule has 2 aliphatic carbocycles. The summed E-state index contributed by atoms with van der Waals surface area (Å²) in [6, 6.07) is 0. The van der Waals surface area contributed by atoms with E-state index in [9.17, 15) is 4.79 Å². The zero-order valence-corrected chi connectivity index (χ0v) is 11.6. The highest BCUT2D eigenvalue weighted by Crippen LogP contribution is 2.56. The molecular weight excluding hydrogens is 224 g/mol. The molecule has 0 aromatic carbocycles. The van der Waals surface area contributed by atoms with E-state index < -0.39 is 0 Å². The monoisotopic (exact) mass is 248 g/mol. The van der Waals surface area contributed by atoms with Gasteiger partial charge in [-0.15, -0.1) is 0 Å². The van der Waals surface area contributed by atoms with Crippen LogP contribution in [0.3, 0.4) is 0 Å². The van der Waals surface area contributed by atoms with E-state index in [0.29, 0.717) is 17.8 Å². The van der Waals surface area contributed by atoms with Crippen LogP contribution >= 0.6 is 0 Å². The Balaban J connectivity index is 1.92. The molecule has 3 aliphatic rings. The maximum absolute atomic E-state index is 12.3. The maximum atomic E-state index is 12.3. The van der Waals surface area contributed by atoms with Gasteiger partial charge >= 0.3 is 0 Å². The van der Waals surface area contributed by atoms with Gasteiger partial charge in [-0.25, -0.2) is 0 Å². The van der Waals surface area contributed by atoms with Crippen LogP contribution in [0.2, 0.25) is 0 Å². The molecule has 0 spiro atoms. The Kier molecular flexibility index (Phi) is 2.99. The zero-order chi connectivity index (χ0) is 12.8. The largest absolute Gasteiger partial charge is 0.495 e. The normalized spacial score (nSPS) is 39.3. The number of allylic oxidation sites excluding steroid dienone is 2. The molecular formula is C16H24O2. The van der Waals surface area contributed by atoms with Crippen LogP contribution in [-0.2, 0) is 9.53 Å². The number of ketones is 1. The van der Waals surface area contributed by atoms with Gasteiger partial charge in [-0.3, -0.25) is 4.79 Å². The lowest BCUT2D eigenvalue weighted by Gasteiger charge is -2.43. The molecule has 1 aliphatic heterocycles. The van der Waals surface area contributed by atoms with Crippen LogP contribution < -0.4 is 0 Å². The fourth-order valence-electron chi connectivity index (χ4n) is 4.44. The summed E-state index contributed by atoms with van der Waals surface area (Å²) in [7, 11) is 0. The van der Waals surface area contributed by atoms with Crippen LogP contribution in [0.15, 0.2) is 11.3 Å². The highest BCUT2D eigenvalue weighted by molar-refractivity contribution is 5.88. The van der Waals surface area contributed by atoms with Crippen LogP contribution in [-0.4, -0.2) is 11.9 Å². The second kappa shape index (κ2) is 4.40. The van der Waals surface area contributed by atoms with Gasteiger partial charge in [0.1, 0.15) is 5.78 Å². The number of ether oxygens (including phenoxy) is 1. The average molecular weight is 248 g/mol. The molecule has 18 heavy (non-hydrogen) atoms. The van der Waals surface area contributed by atoms with Crippen LogP contribution in [0.4, 0.5) is 0 Å². The third kappa shape index (κ3) is 1.57. The highest BCUT2D eigenvalue weighted by Gasteiger charge is 2.52. The van der Waals surface area contributed by atoms with Crippen molar-refractivity contribution >= 4 is 5.78 Å². The highest BCUT2D eigenvalue weighted by atomic mass is 16.5. The van der Waals surface area contributed by atoms with E-state index in [1.807, 2.05) is 0 Å². The summed E-state index contributed by atoms with van der Waals surface area (Å²) in [6.07, 6.45) is 8.79. The van der Waals surface area contributed by atoms with Crippen molar-refractivity contribution in [1.82, 2.24) is 0 Å². The van der Waals surface area contributed by atoms with Crippen LogP contribution in [0.25, 0.3) is 0 Å². The van der Waals surface area contributed by atoms with Crippen molar-refractivity contribution in [3.8, 4) is 0 Å². The second-order valence-corrected chi connectivity index (χ2v) is 6.16. The smallest absolute Gasteiger partial charge is 0.139 e. The Labute approximate surface area is 110 Å². The molecule has 3 rings (SSSR count). The van der Waals surface area contributed by atoms with Crippen molar-refractivity contribution in [2.24, 2.45) is 11.3 Å². The molecule has 100 valence electrons. The summed E-state index contributed by atoms with van der Waals surface area (Å²) in [5.74, 6) is 2.30. The number of rotatable bonds is 2. The predicted molar refractivity (Wildman–Crippen MR) is 71.1 cm³/mol. The first-order valence-electron chi connectivity index (χ1n) is 7.63. The van der Waals surface area contributed by atoms with Gasteiger partial charge in [0.15, 0.2) is 0 Å². The molecule has 0 aromatic rings. The Bertz CT molecular complexity index is 396. The minimum Gasteiger partial charge on any atom is -0.495 e. The molecule has 2 unspecified atom stereocenters. The van der Waals surface area contributed by atoms with Gasteiger partial charge in [0.2, 0.25) is 0 Å². The van der Waals surface area contributed by atoms with Crippen LogP contribution in [0.1, 0.15) is 65.2 Å². The van der Waals surface area contributed by atoms with E-state index in [2.05, 4.69) is 13.8 Å². The van der Waals surface area contributed by atoms with Crippen molar-refractivity contribution in [1.29, 1.82) is 0 Å². The summed E-state index contributed by atoms with van der Waals surface area (Å²) in [6.45, 7) is 4.40. The van der Waals surface area contributed by atoms with Crippen LogP contribution in [0, 0.1) is 11.3 Å². The topological polar surface area (TPSA) is 26.3 Å². The first kappa shape index (κ1) is 12.3. The predicted octanol–water partition coefficient (Wildman–Crippen LogP) is 4.00. The zero-order valence-electron chi connectivity index (χ0n) is 11.6.